The number of hydrogen-bond donors (Lipinski definition) is 2. The SMILES string of the molecule is COC[C@@H](NC(c1ccccc1)(c1ccccc1)c1ccccc1)C(=O)O. The van der Waals surface area contributed by atoms with Crippen LogP contribution in [0.5, 0.6) is 0 Å². The van der Waals surface area contributed by atoms with Gasteiger partial charge in [0, 0.05) is 7.11 Å². The standard InChI is InChI=1S/C23H23NO3/c1-27-17-21(22(25)26)24-23(18-11-5-2-6-12-18,19-13-7-3-8-14-19)20-15-9-4-10-16-20/h2-16,21,24H,17H2,1H3,(H,25,26)/t21-/m1/s1. The lowest BCUT2D eigenvalue weighted by Crippen LogP contribution is -2.54. The summed E-state index contributed by atoms with van der Waals surface area (Å²) in [6.07, 6.45) is 0. The molecule has 0 aliphatic carbocycles. The second-order valence-electron chi connectivity index (χ2n) is 6.34. The summed E-state index contributed by atoms with van der Waals surface area (Å²) >= 11 is 0. The molecule has 0 amide bonds. The highest BCUT2D eigenvalue weighted by Crippen LogP contribution is 2.37. The van der Waals surface area contributed by atoms with Crippen LogP contribution in [-0.4, -0.2) is 30.8 Å². The number of aliphatic carboxylic acids is 1. The maximum Gasteiger partial charge on any atom is 0.323 e. The molecule has 4 heteroatoms. The minimum atomic E-state index is -0.955. The van der Waals surface area contributed by atoms with Crippen molar-refractivity contribution in [2.45, 2.75) is 11.6 Å². The van der Waals surface area contributed by atoms with Crippen LogP contribution in [-0.2, 0) is 15.1 Å². The summed E-state index contributed by atoms with van der Waals surface area (Å²) < 4.78 is 5.18. The molecule has 0 aliphatic rings. The minimum absolute atomic E-state index is 0.0591. The van der Waals surface area contributed by atoms with Crippen molar-refractivity contribution in [2.24, 2.45) is 0 Å². The van der Waals surface area contributed by atoms with E-state index in [0.29, 0.717) is 0 Å². The summed E-state index contributed by atoms with van der Waals surface area (Å²) in [7, 11) is 1.51. The number of rotatable bonds is 8. The molecule has 3 rings (SSSR count). The van der Waals surface area contributed by atoms with E-state index in [4.69, 9.17) is 4.74 Å². The van der Waals surface area contributed by atoms with Gasteiger partial charge in [0.2, 0.25) is 0 Å². The van der Waals surface area contributed by atoms with E-state index in [1.165, 1.54) is 7.11 Å². The summed E-state index contributed by atoms with van der Waals surface area (Å²) in [5.74, 6) is -0.955. The number of nitrogens with one attached hydrogen (secondary N) is 1. The average molecular weight is 361 g/mol. The lowest BCUT2D eigenvalue weighted by molar-refractivity contribution is -0.141. The topological polar surface area (TPSA) is 58.6 Å². The van der Waals surface area contributed by atoms with Gasteiger partial charge in [-0.05, 0) is 16.7 Å². The molecular formula is C23H23NO3. The maximum atomic E-state index is 11.9. The Morgan fingerprint density at radius 1 is 0.852 bits per heavy atom. The monoisotopic (exact) mass is 361 g/mol. The summed E-state index contributed by atoms with van der Waals surface area (Å²) in [5.41, 5.74) is 2.06. The van der Waals surface area contributed by atoms with Crippen LogP contribution in [0.4, 0.5) is 0 Å². The smallest absolute Gasteiger partial charge is 0.323 e. The van der Waals surface area contributed by atoms with Crippen molar-refractivity contribution in [1.82, 2.24) is 5.32 Å². The van der Waals surface area contributed by atoms with Crippen LogP contribution in [0.1, 0.15) is 16.7 Å². The largest absolute Gasteiger partial charge is 0.480 e. The average Bonchev–Trinajstić information content (AvgIpc) is 2.73. The molecule has 0 heterocycles. The van der Waals surface area contributed by atoms with E-state index in [2.05, 4.69) is 5.32 Å². The molecule has 0 spiro atoms. The zero-order valence-electron chi connectivity index (χ0n) is 15.2. The molecule has 2 N–H and O–H groups in total. The van der Waals surface area contributed by atoms with Crippen LogP contribution in [0.25, 0.3) is 0 Å². The van der Waals surface area contributed by atoms with Gasteiger partial charge in [-0.15, -0.1) is 0 Å². The van der Waals surface area contributed by atoms with Gasteiger partial charge in [0.15, 0.2) is 0 Å². The molecule has 0 saturated carbocycles. The minimum Gasteiger partial charge on any atom is -0.480 e. The number of hydrogen-bond acceptors (Lipinski definition) is 3. The molecule has 3 aromatic rings. The van der Waals surface area contributed by atoms with E-state index in [1.54, 1.807) is 0 Å². The molecule has 27 heavy (non-hydrogen) atoms. The molecular weight excluding hydrogens is 338 g/mol. The van der Waals surface area contributed by atoms with Gasteiger partial charge in [-0.2, -0.15) is 0 Å². The molecule has 0 radical (unpaired) electrons. The van der Waals surface area contributed by atoms with Crippen molar-refractivity contribution in [3.8, 4) is 0 Å². The third-order valence-corrected chi connectivity index (χ3v) is 4.64. The van der Waals surface area contributed by atoms with Gasteiger partial charge in [0.1, 0.15) is 6.04 Å². The van der Waals surface area contributed by atoms with E-state index >= 15 is 0 Å². The first kappa shape index (κ1) is 18.8. The Bertz CT molecular complexity index is 754. The second-order valence-corrected chi connectivity index (χ2v) is 6.34. The Morgan fingerprint density at radius 3 is 1.52 bits per heavy atom. The number of carbonyl (C=O) groups is 1. The maximum absolute atomic E-state index is 11.9. The zero-order chi connectivity index (χ0) is 19.1. The molecule has 138 valence electrons. The molecule has 0 aromatic heterocycles. The van der Waals surface area contributed by atoms with Crippen molar-refractivity contribution in [3.05, 3.63) is 108 Å². The molecule has 0 unspecified atom stereocenters. The van der Waals surface area contributed by atoms with Crippen LogP contribution in [0, 0.1) is 0 Å². The summed E-state index contributed by atoms with van der Waals surface area (Å²) in [6, 6.07) is 28.8. The molecule has 0 fully saturated rings. The third-order valence-electron chi connectivity index (χ3n) is 4.64. The fourth-order valence-electron chi connectivity index (χ4n) is 3.42. The highest BCUT2D eigenvalue weighted by atomic mass is 16.5. The van der Waals surface area contributed by atoms with Crippen molar-refractivity contribution in [1.29, 1.82) is 0 Å². The summed E-state index contributed by atoms with van der Waals surface area (Å²) in [6.45, 7) is 0.0591. The van der Waals surface area contributed by atoms with Crippen LogP contribution in [0.15, 0.2) is 91.0 Å². The first-order chi connectivity index (χ1) is 13.2. The van der Waals surface area contributed by atoms with Gasteiger partial charge in [-0.1, -0.05) is 91.0 Å². The van der Waals surface area contributed by atoms with E-state index < -0.39 is 17.6 Å². The number of carboxylic acids is 1. The Morgan fingerprint density at radius 2 is 1.22 bits per heavy atom. The van der Waals surface area contributed by atoms with Crippen LogP contribution >= 0.6 is 0 Å². The lowest BCUT2D eigenvalue weighted by Gasteiger charge is -2.39. The quantitative estimate of drug-likeness (QED) is 0.601. The first-order valence-electron chi connectivity index (χ1n) is 8.84. The van der Waals surface area contributed by atoms with Crippen molar-refractivity contribution >= 4 is 5.97 Å². The van der Waals surface area contributed by atoms with Crippen molar-refractivity contribution in [3.63, 3.8) is 0 Å². The predicted octanol–water partition coefficient (Wildman–Crippen LogP) is 3.67. The molecule has 0 saturated heterocycles. The number of benzene rings is 3. The Hall–Kier alpha value is -2.95. The highest BCUT2D eigenvalue weighted by Gasteiger charge is 2.39. The van der Waals surface area contributed by atoms with Crippen molar-refractivity contribution < 1.29 is 14.6 Å². The fraction of sp³-hybridized carbons (Fsp3) is 0.174. The zero-order valence-corrected chi connectivity index (χ0v) is 15.2. The van der Waals surface area contributed by atoms with Gasteiger partial charge in [0.25, 0.3) is 0 Å². The Labute approximate surface area is 159 Å². The fourth-order valence-corrected chi connectivity index (χ4v) is 3.42. The van der Waals surface area contributed by atoms with Gasteiger partial charge in [0.05, 0.1) is 12.1 Å². The third kappa shape index (κ3) is 3.92. The second kappa shape index (κ2) is 8.62. The van der Waals surface area contributed by atoms with Crippen LogP contribution < -0.4 is 5.32 Å². The Balaban J connectivity index is 2.27. The normalized spacial score (nSPS) is 12.5. The van der Waals surface area contributed by atoms with E-state index in [0.717, 1.165) is 16.7 Å². The highest BCUT2D eigenvalue weighted by molar-refractivity contribution is 5.74. The number of methoxy groups -OCH3 is 1. The van der Waals surface area contributed by atoms with E-state index in [-0.39, 0.29) is 6.61 Å². The molecule has 3 aromatic carbocycles. The number of carboxylic acid groups (broad SMARTS) is 1. The predicted molar refractivity (Wildman–Crippen MR) is 106 cm³/mol. The molecule has 4 nitrogen and oxygen atoms in total. The van der Waals surface area contributed by atoms with Gasteiger partial charge >= 0.3 is 5.97 Å². The van der Waals surface area contributed by atoms with E-state index in [1.807, 2.05) is 91.0 Å². The Kier molecular flexibility index (Phi) is 6.01. The first-order valence-corrected chi connectivity index (χ1v) is 8.84. The lowest BCUT2D eigenvalue weighted by atomic mass is 9.76. The summed E-state index contributed by atoms with van der Waals surface area (Å²) in [4.78, 5) is 11.9. The number of ether oxygens (including phenoxy) is 1. The van der Waals surface area contributed by atoms with Crippen LogP contribution in [0.2, 0.25) is 0 Å². The molecule has 0 aliphatic heterocycles. The van der Waals surface area contributed by atoms with E-state index in [9.17, 15) is 9.90 Å². The van der Waals surface area contributed by atoms with Crippen molar-refractivity contribution in [2.75, 3.05) is 13.7 Å². The van der Waals surface area contributed by atoms with Gasteiger partial charge < -0.3 is 9.84 Å². The molecule has 1 atom stereocenters. The van der Waals surface area contributed by atoms with Gasteiger partial charge in [-0.25, -0.2) is 0 Å². The van der Waals surface area contributed by atoms with Crippen LogP contribution in [0.3, 0.4) is 0 Å². The van der Waals surface area contributed by atoms with Gasteiger partial charge in [-0.3, -0.25) is 10.1 Å². The summed E-state index contributed by atoms with van der Waals surface area (Å²) in [5, 5.41) is 13.2. The molecule has 0 bridgehead atoms.